The van der Waals surface area contributed by atoms with E-state index in [-0.39, 0.29) is 0 Å². The van der Waals surface area contributed by atoms with Gasteiger partial charge in [-0.05, 0) is 117 Å². The van der Waals surface area contributed by atoms with Crippen LogP contribution in [0.3, 0.4) is 0 Å². The van der Waals surface area contributed by atoms with Crippen LogP contribution < -0.4 is 0 Å². The van der Waals surface area contributed by atoms with Crippen molar-refractivity contribution in [2.45, 2.75) is 0 Å². The summed E-state index contributed by atoms with van der Waals surface area (Å²) in [5.41, 5.74) is 15.4. The molecule has 0 atom stereocenters. The predicted molar refractivity (Wildman–Crippen MR) is 270 cm³/mol. The second-order valence-electron chi connectivity index (χ2n) is 16.3. The molecule has 0 unspecified atom stereocenters. The second kappa shape index (κ2) is 15.8. The molecule has 0 aliphatic carbocycles. The number of hydrogen-bond donors (Lipinski definition) is 0. The van der Waals surface area contributed by atoms with Crippen LogP contribution in [-0.2, 0) is 0 Å². The fraction of sp³-hybridized carbons (Fsp3) is 0. The fourth-order valence-corrected chi connectivity index (χ4v) is 10.1. The molecule has 12 rings (SSSR count). The SMILES string of the molecule is c1ccc(-c2c3ccccc3c(-c3ccccc3-c3ccc(-c4ccccn4)nc3-c3ccccc3-c3c4ccccc4c(-c4ccccc4)c4ccccc34)c3ccccc23)cc1. The number of fused-ring (bicyclic) bond motifs is 4. The maximum absolute atomic E-state index is 5.65. The average Bonchev–Trinajstić information content (AvgIpc) is 3.38. The topological polar surface area (TPSA) is 25.8 Å². The van der Waals surface area contributed by atoms with Gasteiger partial charge >= 0.3 is 0 Å². The van der Waals surface area contributed by atoms with Crippen molar-refractivity contribution in [3.05, 3.63) is 243 Å². The van der Waals surface area contributed by atoms with Gasteiger partial charge in [0.05, 0.1) is 17.1 Å². The zero-order valence-corrected chi connectivity index (χ0v) is 35.0. The number of hydrogen-bond acceptors (Lipinski definition) is 2. The maximum atomic E-state index is 5.65. The maximum Gasteiger partial charge on any atom is 0.0894 e. The molecular weight excluding hydrogens is 773 g/mol. The van der Waals surface area contributed by atoms with E-state index < -0.39 is 0 Å². The van der Waals surface area contributed by atoms with Crippen molar-refractivity contribution < 1.29 is 0 Å². The number of nitrogens with zero attached hydrogens (tertiary/aromatic N) is 2. The third-order valence-corrected chi connectivity index (χ3v) is 12.7. The van der Waals surface area contributed by atoms with E-state index in [0.29, 0.717) is 0 Å². The normalized spacial score (nSPS) is 11.4. The van der Waals surface area contributed by atoms with Gasteiger partial charge < -0.3 is 0 Å². The summed E-state index contributed by atoms with van der Waals surface area (Å²) in [5, 5.41) is 9.71. The van der Waals surface area contributed by atoms with Crippen molar-refractivity contribution in [1.82, 2.24) is 9.97 Å². The van der Waals surface area contributed by atoms with E-state index in [1.54, 1.807) is 0 Å². The molecule has 10 aromatic carbocycles. The molecule has 2 heteroatoms. The van der Waals surface area contributed by atoms with Crippen molar-refractivity contribution in [2.75, 3.05) is 0 Å². The van der Waals surface area contributed by atoms with Crippen LogP contribution in [0.15, 0.2) is 243 Å². The molecule has 0 saturated carbocycles. The van der Waals surface area contributed by atoms with Crippen LogP contribution in [0.1, 0.15) is 0 Å². The number of aromatic nitrogens is 2. The van der Waals surface area contributed by atoms with Crippen molar-refractivity contribution >= 4 is 43.1 Å². The molecule has 0 amide bonds. The first-order chi connectivity index (χ1) is 31.8. The Morgan fingerprint density at radius 2 is 0.578 bits per heavy atom. The van der Waals surface area contributed by atoms with Crippen molar-refractivity contribution in [1.29, 1.82) is 0 Å². The zero-order chi connectivity index (χ0) is 42.4. The molecule has 0 spiro atoms. The van der Waals surface area contributed by atoms with Crippen molar-refractivity contribution in [3.63, 3.8) is 0 Å². The lowest BCUT2D eigenvalue weighted by molar-refractivity contribution is 1.25. The highest BCUT2D eigenvalue weighted by Gasteiger charge is 2.24. The molecule has 0 bridgehead atoms. The van der Waals surface area contributed by atoms with Gasteiger partial charge in [-0.25, -0.2) is 4.98 Å². The van der Waals surface area contributed by atoms with E-state index in [9.17, 15) is 0 Å². The van der Waals surface area contributed by atoms with E-state index in [1.807, 2.05) is 24.4 Å². The van der Waals surface area contributed by atoms with Crippen LogP contribution in [0.4, 0.5) is 0 Å². The lowest BCUT2D eigenvalue weighted by atomic mass is 9.82. The minimum atomic E-state index is 0.823. The molecular formula is C62H40N2. The van der Waals surface area contributed by atoms with E-state index >= 15 is 0 Å². The zero-order valence-electron chi connectivity index (χ0n) is 35.0. The molecule has 0 aliphatic rings. The summed E-state index contributed by atoms with van der Waals surface area (Å²) in [4.78, 5) is 10.4. The van der Waals surface area contributed by atoms with Gasteiger partial charge in [0.1, 0.15) is 0 Å². The number of benzene rings is 10. The van der Waals surface area contributed by atoms with Gasteiger partial charge in [0.15, 0.2) is 0 Å². The van der Waals surface area contributed by atoms with E-state index in [2.05, 4.69) is 218 Å². The largest absolute Gasteiger partial charge is 0.255 e. The molecule has 12 aromatic rings. The number of rotatable bonds is 7. The molecule has 2 heterocycles. The predicted octanol–water partition coefficient (Wildman–Crippen LogP) is 16.8. The Morgan fingerprint density at radius 1 is 0.219 bits per heavy atom. The quantitative estimate of drug-likeness (QED) is 0.150. The molecule has 2 nitrogen and oxygen atoms in total. The van der Waals surface area contributed by atoms with Gasteiger partial charge in [-0.3, -0.25) is 4.98 Å². The number of pyridine rings is 2. The van der Waals surface area contributed by atoms with Gasteiger partial charge in [-0.2, -0.15) is 0 Å². The van der Waals surface area contributed by atoms with Crippen LogP contribution in [0.5, 0.6) is 0 Å². The summed E-state index contributed by atoms with van der Waals surface area (Å²) in [6, 6.07) is 85.3. The smallest absolute Gasteiger partial charge is 0.0894 e. The van der Waals surface area contributed by atoms with E-state index in [1.165, 1.54) is 76.5 Å². The molecule has 2 aromatic heterocycles. The summed E-state index contributed by atoms with van der Waals surface area (Å²) >= 11 is 0. The third-order valence-electron chi connectivity index (χ3n) is 12.7. The Morgan fingerprint density at radius 3 is 1.02 bits per heavy atom. The first kappa shape index (κ1) is 37.3. The highest BCUT2D eigenvalue weighted by Crippen LogP contribution is 2.50. The molecule has 64 heavy (non-hydrogen) atoms. The van der Waals surface area contributed by atoms with Crippen LogP contribution in [-0.4, -0.2) is 9.97 Å². The van der Waals surface area contributed by atoms with Crippen LogP contribution in [0, 0.1) is 0 Å². The highest BCUT2D eigenvalue weighted by atomic mass is 14.8. The summed E-state index contributed by atoms with van der Waals surface area (Å²) < 4.78 is 0. The van der Waals surface area contributed by atoms with Gasteiger partial charge in [0.25, 0.3) is 0 Å². The summed E-state index contributed by atoms with van der Waals surface area (Å²) in [6.07, 6.45) is 1.84. The van der Waals surface area contributed by atoms with Crippen molar-refractivity contribution in [2.24, 2.45) is 0 Å². The Balaban J connectivity index is 1.16. The average molecular weight is 813 g/mol. The first-order valence-electron chi connectivity index (χ1n) is 21.9. The third kappa shape index (κ3) is 6.19. The standard InChI is InChI=1S/C62H40N2/c1-3-21-41(22-4-1)58-45-27-9-13-31-49(45)60(50-32-14-10-28-46(50)58)44-26-8-7-25-43(44)55-38-39-57(56-37-19-20-40-63-56)64-62(55)54-36-18-17-35-53(54)61-51-33-15-11-29-47(51)59(42-23-5-2-6-24-42)48-30-12-16-34-52(48)61/h1-40H. The second-order valence-corrected chi connectivity index (χ2v) is 16.3. The van der Waals surface area contributed by atoms with Gasteiger partial charge in [0, 0.05) is 17.3 Å². The summed E-state index contributed by atoms with van der Waals surface area (Å²) in [6.45, 7) is 0. The van der Waals surface area contributed by atoms with Gasteiger partial charge in [0.2, 0.25) is 0 Å². The van der Waals surface area contributed by atoms with Crippen LogP contribution in [0.25, 0.3) is 121 Å². The Hall–Kier alpha value is -8.46. The molecule has 0 saturated heterocycles. The molecule has 0 aliphatic heterocycles. The summed E-state index contributed by atoms with van der Waals surface area (Å²) in [7, 11) is 0. The van der Waals surface area contributed by atoms with E-state index in [4.69, 9.17) is 9.97 Å². The summed E-state index contributed by atoms with van der Waals surface area (Å²) in [5.74, 6) is 0. The van der Waals surface area contributed by atoms with Gasteiger partial charge in [-0.15, -0.1) is 0 Å². The molecule has 0 radical (unpaired) electrons. The van der Waals surface area contributed by atoms with E-state index in [0.717, 1.165) is 44.9 Å². The Labute approximate surface area is 372 Å². The Bertz CT molecular complexity index is 3590. The van der Waals surface area contributed by atoms with Gasteiger partial charge in [-0.1, -0.05) is 212 Å². The molecule has 298 valence electrons. The fourth-order valence-electron chi connectivity index (χ4n) is 10.1. The first-order valence-corrected chi connectivity index (χ1v) is 21.9. The molecule has 0 fully saturated rings. The van der Waals surface area contributed by atoms with Crippen molar-refractivity contribution in [3.8, 4) is 78.3 Å². The monoisotopic (exact) mass is 812 g/mol. The van der Waals surface area contributed by atoms with Crippen LogP contribution >= 0.6 is 0 Å². The Kier molecular flexibility index (Phi) is 9.20. The minimum Gasteiger partial charge on any atom is -0.255 e. The lowest BCUT2D eigenvalue weighted by Gasteiger charge is -2.22. The lowest BCUT2D eigenvalue weighted by Crippen LogP contribution is -1.98. The highest BCUT2D eigenvalue weighted by molar-refractivity contribution is 6.24. The molecule has 0 N–H and O–H groups in total. The van der Waals surface area contributed by atoms with Crippen LogP contribution in [0.2, 0.25) is 0 Å². The minimum absolute atomic E-state index is 0.823.